The Balaban J connectivity index is 1.71. The minimum atomic E-state index is -0.274. The van der Waals surface area contributed by atoms with Gasteiger partial charge in [0.2, 0.25) is 0 Å². The molecule has 0 saturated carbocycles. The van der Waals surface area contributed by atoms with Gasteiger partial charge < -0.3 is 0 Å². The van der Waals surface area contributed by atoms with Crippen LogP contribution in [0.3, 0.4) is 0 Å². The molecule has 2 aromatic heterocycles. The third-order valence-corrected chi connectivity index (χ3v) is 5.56. The molecule has 0 N–H and O–H groups in total. The first-order valence-electron chi connectivity index (χ1n) is 9.39. The van der Waals surface area contributed by atoms with E-state index in [2.05, 4.69) is 15.0 Å². The van der Waals surface area contributed by atoms with Crippen molar-refractivity contribution in [1.82, 2.24) is 19.5 Å². The lowest BCUT2D eigenvalue weighted by molar-refractivity contribution is 0.627. The first-order chi connectivity index (χ1) is 14.6. The van der Waals surface area contributed by atoms with Gasteiger partial charge in [0.05, 0.1) is 0 Å². The summed E-state index contributed by atoms with van der Waals surface area (Å²) in [7, 11) is 0. The zero-order valence-corrected chi connectivity index (χ0v) is 17.1. The highest BCUT2D eigenvalue weighted by atomic mass is 32.2. The summed E-state index contributed by atoms with van der Waals surface area (Å²) in [5.74, 6) is 0.303. The quantitative estimate of drug-likeness (QED) is 0.344. The molecule has 0 atom stereocenters. The van der Waals surface area contributed by atoms with Crippen molar-refractivity contribution in [3.8, 4) is 5.69 Å². The number of aromatic nitrogens is 4. The fourth-order valence-electron chi connectivity index (χ4n) is 3.03. The lowest BCUT2D eigenvalue weighted by atomic mass is 10.1. The Morgan fingerprint density at radius 2 is 1.80 bits per heavy atom. The molecule has 7 heteroatoms. The number of halogens is 1. The molecule has 150 valence electrons. The van der Waals surface area contributed by atoms with E-state index in [0.717, 1.165) is 22.4 Å². The van der Waals surface area contributed by atoms with Gasteiger partial charge in [-0.1, -0.05) is 36.0 Å². The molecule has 0 aliphatic heterocycles. The first kappa shape index (κ1) is 20.0. The Morgan fingerprint density at radius 1 is 1.03 bits per heavy atom. The van der Waals surface area contributed by atoms with Crippen molar-refractivity contribution >= 4 is 11.8 Å². The maximum Gasteiger partial charge on any atom is 0.277 e. The van der Waals surface area contributed by atoms with Crippen LogP contribution in [-0.2, 0) is 12.2 Å². The van der Waals surface area contributed by atoms with Crippen molar-refractivity contribution in [2.24, 2.45) is 0 Å². The summed E-state index contributed by atoms with van der Waals surface area (Å²) in [4.78, 5) is 25.1. The van der Waals surface area contributed by atoms with E-state index in [-0.39, 0.29) is 11.4 Å². The molecule has 0 aliphatic rings. The van der Waals surface area contributed by atoms with E-state index in [0.29, 0.717) is 22.9 Å². The Labute approximate surface area is 177 Å². The molecule has 4 rings (SSSR count). The van der Waals surface area contributed by atoms with Crippen LogP contribution in [0.4, 0.5) is 4.39 Å². The van der Waals surface area contributed by atoms with Gasteiger partial charge in [-0.25, -0.2) is 14.4 Å². The van der Waals surface area contributed by atoms with Gasteiger partial charge >= 0.3 is 0 Å². The van der Waals surface area contributed by atoms with Gasteiger partial charge in [-0.3, -0.25) is 9.36 Å². The highest BCUT2D eigenvalue weighted by Crippen LogP contribution is 2.24. The highest BCUT2D eigenvalue weighted by Gasteiger charge is 2.12. The molecule has 0 unspecified atom stereocenters. The minimum Gasteiger partial charge on any atom is -0.296 e. The van der Waals surface area contributed by atoms with Crippen LogP contribution >= 0.6 is 11.8 Å². The normalized spacial score (nSPS) is 10.9. The Hall–Kier alpha value is -3.32. The van der Waals surface area contributed by atoms with E-state index in [9.17, 15) is 9.18 Å². The fraction of sp³-hybridized carbons (Fsp3) is 0.130. The third kappa shape index (κ3) is 4.80. The number of rotatable bonds is 6. The summed E-state index contributed by atoms with van der Waals surface area (Å²) in [6, 6.07) is 14.4. The van der Waals surface area contributed by atoms with E-state index < -0.39 is 0 Å². The Morgan fingerprint density at radius 3 is 2.53 bits per heavy atom. The van der Waals surface area contributed by atoms with E-state index in [1.165, 1.54) is 30.2 Å². The highest BCUT2D eigenvalue weighted by molar-refractivity contribution is 7.98. The summed E-state index contributed by atoms with van der Waals surface area (Å²) in [6.45, 7) is 2.02. The minimum absolute atomic E-state index is 0.271. The van der Waals surface area contributed by atoms with Crippen LogP contribution in [0.5, 0.6) is 0 Å². The van der Waals surface area contributed by atoms with Gasteiger partial charge in [-0.2, -0.15) is 4.98 Å². The second-order valence-corrected chi connectivity index (χ2v) is 7.84. The van der Waals surface area contributed by atoms with E-state index >= 15 is 0 Å². The predicted octanol–water partition coefficient (Wildman–Crippen LogP) is 4.35. The lowest BCUT2D eigenvalue weighted by Crippen LogP contribution is -2.19. The van der Waals surface area contributed by atoms with E-state index in [1.54, 1.807) is 24.5 Å². The predicted molar refractivity (Wildman–Crippen MR) is 115 cm³/mol. The van der Waals surface area contributed by atoms with Crippen molar-refractivity contribution in [2.45, 2.75) is 24.3 Å². The Kier molecular flexibility index (Phi) is 5.99. The van der Waals surface area contributed by atoms with Crippen molar-refractivity contribution < 1.29 is 4.39 Å². The van der Waals surface area contributed by atoms with Crippen molar-refractivity contribution in [3.05, 3.63) is 112 Å². The zero-order valence-electron chi connectivity index (χ0n) is 16.3. The van der Waals surface area contributed by atoms with Gasteiger partial charge in [-0.15, -0.1) is 0 Å². The summed E-state index contributed by atoms with van der Waals surface area (Å²) in [5.41, 5.74) is 4.13. The summed E-state index contributed by atoms with van der Waals surface area (Å²) in [5, 5.41) is 0.586. The molecule has 30 heavy (non-hydrogen) atoms. The molecule has 4 aromatic rings. The monoisotopic (exact) mass is 418 g/mol. The van der Waals surface area contributed by atoms with Gasteiger partial charge in [0.25, 0.3) is 5.56 Å². The van der Waals surface area contributed by atoms with Gasteiger partial charge in [-0.05, 0) is 47.9 Å². The van der Waals surface area contributed by atoms with E-state index in [4.69, 9.17) is 0 Å². The largest absolute Gasteiger partial charge is 0.296 e. The molecule has 0 aliphatic carbocycles. The molecule has 0 saturated heterocycles. The number of hydrogen-bond donors (Lipinski definition) is 0. The van der Waals surface area contributed by atoms with Crippen LogP contribution < -0.4 is 5.56 Å². The van der Waals surface area contributed by atoms with Gasteiger partial charge in [0, 0.05) is 42.0 Å². The molecule has 0 radical (unpaired) electrons. The molecular formula is C23H19FN4OS. The van der Waals surface area contributed by atoms with Crippen LogP contribution in [0.1, 0.15) is 22.3 Å². The van der Waals surface area contributed by atoms with Crippen LogP contribution in [-0.4, -0.2) is 19.5 Å². The lowest BCUT2D eigenvalue weighted by Gasteiger charge is -2.14. The molecule has 5 nitrogen and oxygen atoms in total. The maximum atomic E-state index is 13.2. The van der Waals surface area contributed by atoms with Crippen LogP contribution in [0, 0.1) is 12.7 Å². The number of benzene rings is 2. The van der Waals surface area contributed by atoms with Crippen LogP contribution in [0.25, 0.3) is 5.69 Å². The van der Waals surface area contributed by atoms with Crippen molar-refractivity contribution in [1.29, 1.82) is 0 Å². The smallest absolute Gasteiger partial charge is 0.277 e. The topological polar surface area (TPSA) is 60.7 Å². The molecule has 0 spiro atoms. The second-order valence-electron chi connectivity index (χ2n) is 6.90. The standard InChI is InChI=1S/C23H19FN4OS/c1-16-3-2-4-21(9-16)28-13-19(10-18-11-25-15-26-12-18)22(29)27-23(28)30-14-17-5-7-20(24)8-6-17/h2-9,11-13,15H,10,14H2,1H3. The molecule has 2 aromatic carbocycles. The number of nitrogens with zero attached hydrogens (tertiary/aromatic N) is 4. The average molecular weight is 418 g/mol. The van der Waals surface area contributed by atoms with Crippen molar-refractivity contribution in [2.75, 3.05) is 0 Å². The third-order valence-electron chi connectivity index (χ3n) is 4.53. The van der Waals surface area contributed by atoms with Gasteiger partial charge in [0.15, 0.2) is 5.16 Å². The summed E-state index contributed by atoms with van der Waals surface area (Å²) >= 11 is 1.44. The average Bonchev–Trinajstić information content (AvgIpc) is 2.75. The number of thioether (sulfide) groups is 1. The molecular weight excluding hydrogens is 399 g/mol. The maximum absolute atomic E-state index is 13.2. The van der Waals surface area contributed by atoms with Gasteiger partial charge in [0.1, 0.15) is 12.1 Å². The van der Waals surface area contributed by atoms with Crippen LogP contribution in [0.2, 0.25) is 0 Å². The SMILES string of the molecule is Cc1cccc(-n2cc(Cc3cncnc3)c(=O)nc2SCc2ccc(F)cc2)c1. The number of aryl methyl sites for hydroxylation is 1. The fourth-order valence-corrected chi connectivity index (χ4v) is 3.97. The van der Waals surface area contributed by atoms with Crippen LogP contribution in [0.15, 0.2) is 83.4 Å². The second kappa shape index (κ2) is 9.00. The molecule has 0 bridgehead atoms. The van der Waals surface area contributed by atoms with Crippen molar-refractivity contribution in [3.63, 3.8) is 0 Å². The zero-order chi connectivity index (χ0) is 20.9. The first-order valence-corrected chi connectivity index (χ1v) is 10.4. The molecule has 2 heterocycles. The van der Waals surface area contributed by atoms with E-state index in [1.807, 2.05) is 42.0 Å². The summed E-state index contributed by atoms with van der Waals surface area (Å²) in [6.07, 6.45) is 7.09. The Bertz CT molecular complexity index is 1210. The summed E-state index contributed by atoms with van der Waals surface area (Å²) < 4.78 is 15.1. The molecule has 0 fully saturated rings. The molecule has 0 amide bonds. The number of hydrogen-bond acceptors (Lipinski definition) is 5.